The minimum Gasteiger partial charge on any atom is -0.504 e. The first-order valence-electron chi connectivity index (χ1n) is 10.6. The molecule has 1 heterocycles. The van der Waals surface area contributed by atoms with Crippen molar-refractivity contribution >= 4 is 27.1 Å². The van der Waals surface area contributed by atoms with Gasteiger partial charge in [-0.2, -0.15) is 0 Å². The lowest BCUT2D eigenvalue weighted by atomic mass is 10.0. The Morgan fingerprint density at radius 3 is 2.47 bits per heavy atom. The molecular formula is C21H29N3O7S. The van der Waals surface area contributed by atoms with Crippen LogP contribution in [-0.4, -0.2) is 49.9 Å². The molecule has 0 aromatic heterocycles. The van der Waals surface area contributed by atoms with E-state index in [9.17, 15) is 23.1 Å². The van der Waals surface area contributed by atoms with E-state index in [1.165, 1.54) is 25.3 Å². The first-order chi connectivity index (χ1) is 15.1. The molecule has 3 atom stereocenters. The predicted octanol–water partition coefficient (Wildman–Crippen LogP) is 2.06. The molecule has 11 heteroatoms. The second-order valence-corrected chi connectivity index (χ2v) is 9.51. The maximum atomic E-state index is 12.7. The van der Waals surface area contributed by atoms with Crippen molar-refractivity contribution in [1.82, 2.24) is 4.47 Å². The molecule has 1 aliphatic rings. The van der Waals surface area contributed by atoms with Gasteiger partial charge in [0.1, 0.15) is 16.3 Å². The molecule has 3 N–H and O–H groups in total. The normalized spacial score (nSPS) is 20.0. The Labute approximate surface area is 186 Å². The van der Waals surface area contributed by atoms with Crippen LogP contribution in [0, 0.1) is 0 Å². The molecule has 1 saturated heterocycles. The number of phenols is 1. The summed E-state index contributed by atoms with van der Waals surface area (Å²) in [6, 6.07) is 3.89. The zero-order valence-corrected chi connectivity index (χ0v) is 19.4. The summed E-state index contributed by atoms with van der Waals surface area (Å²) in [4.78, 5) is 29.0. The molecule has 0 amide bonds. The van der Waals surface area contributed by atoms with Crippen LogP contribution in [0.1, 0.15) is 40.0 Å². The number of hydrogen-bond acceptors (Lipinski definition) is 9. The molecule has 1 fully saturated rings. The Bertz CT molecular complexity index is 1140. The number of nitrogens with one attached hydrogen (secondary N) is 2. The molecule has 1 aliphatic heterocycles. The van der Waals surface area contributed by atoms with E-state index in [1.54, 1.807) is 6.92 Å². The van der Waals surface area contributed by atoms with E-state index in [0.29, 0.717) is 6.42 Å². The number of phenolic OH excluding ortho intramolecular Hbond substituents is 1. The first kappa shape index (κ1) is 24.2. The van der Waals surface area contributed by atoms with Gasteiger partial charge in [-0.05, 0) is 45.2 Å². The Morgan fingerprint density at radius 2 is 1.91 bits per heavy atom. The highest BCUT2D eigenvalue weighted by molar-refractivity contribution is 7.89. The SMILES string of the molecule is CC[C@H](Nc1c(Nc2cccc(S(=O)(=O)N(CC)OC)c2O)c(=O)c1=O)C1CC[C@@H](C)O1. The van der Waals surface area contributed by atoms with Gasteiger partial charge in [-0.3, -0.25) is 14.4 Å². The van der Waals surface area contributed by atoms with Crippen LogP contribution in [0.2, 0.25) is 0 Å². The van der Waals surface area contributed by atoms with Crippen LogP contribution in [0.4, 0.5) is 17.1 Å². The molecule has 2 aromatic rings. The number of sulfonamides is 1. The smallest absolute Gasteiger partial charge is 0.268 e. The number of hydroxylamine groups is 1. The van der Waals surface area contributed by atoms with Gasteiger partial charge in [-0.25, -0.2) is 8.42 Å². The fraction of sp³-hybridized carbons (Fsp3) is 0.524. The fourth-order valence-electron chi connectivity index (χ4n) is 3.89. The molecule has 2 aromatic carbocycles. The lowest BCUT2D eigenvalue weighted by molar-refractivity contribution is -0.0443. The third kappa shape index (κ3) is 4.38. The van der Waals surface area contributed by atoms with Crippen LogP contribution in [0.5, 0.6) is 5.75 Å². The Morgan fingerprint density at radius 1 is 1.22 bits per heavy atom. The van der Waals surface area contributed by atoms with E-state index in [2.05, 4.69) is 10.6 Å². The van der Waals surface area contributed by atoms with Gasteiger partial charge in [-0.15, -0.1) is 0 Å². The molecule has 0 bridgehead atoms. The Hall–Kier alpha value is -2.47. The number of hydrogen-bond donors (Lipinski definition) is 3. The van der Waals surface area contributed by atoms with Gasteiger partial charge in [0.25, 0.3) is 20.9 Å². The summed E-state index contributed by atoms with van der Waals surface area (Å²) in [5.41, 5.74) is -1.36. The average molecular weight is 468 g/mol. The van der Waals surface area contributed by atoms with Gasteiger partial charge in [0.15, 0.2) is 5.75 Å². The number of ether oxygens (including phenoxy) is 1. The van der Waals surface area contributed by atoms with Crippen LogP contribution in [0.25, 0.3) is 0 Å². The number of benzene rings is 1. The quantitative estimate of drug-likeness (QED) is 0.273. The Balaban J connectivity index is 1.89. The molecular weight excluding hydrogens is 438 g/mol. The zero-order valence-electron chi connectivity index (χ0n) is 18.5. The largest absolute Gasteiger partial charge is 0.504 e. The van der Waals surface area contributed by atoms with E-state index in [1.807, 2.05) is 13.8 Å². The summed E-state index contributed by atoms with van der Waals surface area (Å²) in [7, 11) is -2.93. The molecule has 176 valence electrons. The number of aromatic hydroxyl groups is 1. The maximum absolute atomic E-state index is 12.7. The standard InChI is InChI=1S/C21H29N3O7S/c1-5-13(15-11-10-12(3)31-15)22-17-18(21(27)20(17)26)23-14-8-7-9-16(19(14)25)32(28,29)24(6-2)30-4/h7-9,12-13,15,22-23,25H,5-6,10-11H2,1-4H3/t12-,13+,15?/m1/s1. The van der Waals surface area contributed by atoms with Crippen molar-refractivity contribution in [2.24, 2.45) is 0 Å². The van der Waals surface area contributed by atoms with Crippen molar-refractivity contribution in [2.45, 2.75) is 63.2 Å². The monoisotopic (exact) mass is 467 g/mol. The molecule has 1 unspecified atom stereocenters. The summed E-state index contributed by atoms with van der Waals surface area (Å²) in [5.74, 6) is -0.581. The van der Waals surface area contributed by atoms with Gasteiger partial charge in [0.2, 0.25) is 0 Å². The van der Waals surface area contributed by atoms with Gasteiger partial charge in [0.05, 0.1) is 31.0 Å². The highest BCUT2D eigenvalue weighted by atomic mass is 32.2. The summed E-state index contributed by atoms with van der Waals surface area (Å²) in [6.07, 6.45) is 2.50. The predicted molar refractivity (Wildman–Crippen MR) is 121 cm³/mol. The van der Waals surface area contributed by atoms with Crippen molar-refractivity contribution in [3.8, 4) is 5.75 Å². The lowest BCUT2D eigenvalue weighted by Crippen LogP contribution is -2.42. The first-order valence-corrected chi connectivity index (χ1v) is 12.0. The minimum absolute atomic E-state index is 0.0211. The lowest BCUT2D eigenvalue weighted by Gasteiger charge is -2.26. The average Bonchev–Trinajstić information content (AvgIpc) is 3.20. The maximum Gasteiger partial charge on any atom is 0.268 e. The van der Waals surface area contributed by atoms with Crippen molar-refractivity contribution in [2.75, 3.05) is 24.3 Å². The highest BCUT2D eigenvalue weighted by Gasteiger charge is 2.32. The van der Waals surface area contributed by atoms with Crippen LogP contribution in [0.3, 0.4) is 0 Å². The summed E-state index contributed by atoms with van der Waals surface area (Å²) >= 11 is 0. The van der Waals surface area contributed by atoms with Crippen LogP contribution < -0.4 is 21.5 Å². The zero-order chi connectivity index (χ0) is 23.6. The second kappa shape index (κ2) is 9.57. The fourth-order valence-corrected chi connectivity index (χ4v) is 5.25. The molecule has 0 radical (unpaired) electrons. The summed E-state index contributed by atoms with van der Waals surface area (Å²) in [6.45, 7) is 5.56. The van der Waals surface area contributed by atoms with Gasteiger partial charge in [-0.1, -0.05) is 17.5 Å². The van der Waals surface area contributed by atoms with Gasteiger partial charge < -0.3 is 20.5 Å². The van der Waals surface area contributed by atoms with E-state index in [0.717, 1.165) is 17.3 Å². The van der Waals surface area contributed by atoms with Crippen LogP contribution in [-0.2, 0) is 19.6 Å². The molecule has 32 heavy (non-hydrogen) atoms. The molecule has 10 nitrogen and oxygen atoms in total. The van der Waals surface area contributed by atoms with Crippen LogP contribution in [0.15, 0.2) is 32.7 Å². The van der Waals surface area contributed by atoms with Crippen LogP contribution >= 0.6 is 0 Å². The molecule has 3 rings (SSSR count). The third-order valence-electron chi connectivity index (χ3n) is 5.66. The van der Waals surface area contributed by atoms with E-state index < -0.39 is 26.6 Å². The topological polar surface area (TPSA) is 134 Å². The highest BCUT2D eigenvalue weighted by Crippen LogP contribution is 2.36. The summed E-state index contributed by atoms with van der Waals surface area (Å²) in [5, 5.41) is 16.5. The van der Waals surface area contributed by atoms with Crippen molar-refractivity contribution in [3.63, 3.8) is 0 Å². The number of nitrogens with zero attached hydrogens (tertiary/aromatic N) is 1. The minimum atomic E-state index is -4.13. The molecule has 0 saturated carbocycles. The van der Waals surface area contributed by atoms with E-state index in [4.69, 9.17) is 9.57 Å². The molecule has 0 aliphatic carbocycles. The van der Waals surface area contributed by atoms with Crippen molar-refractivity contribution < 1.29 is 23.1 Å². The summed E-state index contributed by atoms with van der Waals surface area (Å²) < 4.78 is 32.1. The van der Waals surface area contributed by atoms with Crippen molar-refractivity contribution in [3.05, 3.63) is 38.6 Å². The van der Waals surface area contributed by atoms with Gasteiger partial charge in [0, 0.05) is 6.54 Å². The van der Waals surface area contributed by atoms with Gasteiger partial charge >= 0.3 is 0 Å². The Kier molecular flexibility index (Phi) is 7.23. The number of para-hydroxylation sites is 1. The van der Waals surface area contributed by atoms with Crippen molar-refractivity contribution in [1.29, 1.82) is 0 Å². The second-order valence-electron chi connectivity index (χ2n) is 7.71. The third-order valence-corrected chi connectivity index (χ3v) is 7.49. The van der Waals surface area contributed by atoms with E-state index in [-0.39, 0.29) is 46.8 Å². The number of rotatable bonds is 10. The number of anilines is 3. The van der Waals surface area contributed by atoms with E-state index >= 15 is 0 Å². The molecule has 0 spiro atoms.